The minimum atomic E-state index is -0.359. The van der Waals surface area contributed by atoms with E-state index in [2.05, 4.69) is 16.0 Å². The molecule has 0 atom stereocenters. The van der Waals surface area contributed by atoms with Crippen molar-refractivity contribution in [1.29, 1.82) is 0 Å². The summed E-state index contributed by atoms with van der Waals surface area (Å²) in [6, 6.07) is 6.30. The number of halogens is 2. The van der Waals surface area contributed by atoms with Crippen molar-refractivity contribution >= 4 is 41.5 Å². The fraction of sp³-hybridized carbons (Fsp3) is 0.250. The van der Waals surface area contributed by atoms with Crippen LogP contribution in [-0.2, 0) is 0 Å². The van der Waals surface area contributed by atoms with E-state index in [0.717, 1.165) is 0 Å². The van der Waals surface area contributed by atoms with E-state index in [1.165, 1.54) is 6.26 Å². The SMILES string of the molecule is CNCCNC(=O)c1ccc(Cl)cc1NC(=O)c1ccoc1C.Cl. The van der Waals surface area contributed by atoms with Crippen molar-refractivity contribution < 1.29 is 14.0 Å². The average Bonchev–Trinajstić information content (AvgIpc) is 2.93. The second kappa shape index (κ2) is 9.32. The van der Waals surface area contributed by atoms with Crippen LogP contribution in [0.5, 0.6) is 0 Å². The van der Waals surface area contributed by atoms with Crippen LogP contribution in [0.4, 0.5) is 5.69 Å². The number of furan rings is 1. The lowest BCUT2D eigenvalue weighted by molar-refractivity contribution is 0.0955. The predicted octanol–water partition coefficient (Wildman–Crippen LogP) is 2.86. The Morgan fingerprint density at radius 3 is 2.50 bits per heavy atom. The molecule has 0 aliphatic heterocycles. The number of carbonyl (C=O) groups excluding carboxylic acids is 2. The first-order valence-electron chi connectivity index (χ1n) is 7.10. The summed E-state index contributed by atoms with van der Waals surface area (Å²) in [4.78, 5) is 24.5. The minimum absolute atomic E-state index is 0. The van der Waals surface area contributed by atoms with Crippen molar-refractivity contribution in [2.45, 2.75) is 6.92 Å². The van der Waals surface area contributed by atoms with Gasteiger partial charge in [0.25, 0.3) is 11.8 Å². The third-order valence-electron chi connectivity index (χ3n) is 3.24. The topological polar surface area (TPSA) is 83.4 Å². The van der Waals surface area contributed by atoms with Crippen LogP contribution in [-0.4, -0.2) is 32.0 Å². The molecular weight excluding hydrogens is 353 g/mol. The maximum absolute atomic E-state index is 12.3. The Balaban J connectivity index is 0.00000288. The van der Waals surface area contributed by atoms with E-state index in [-0.39, 0.29) is 24.2 Å². The van der Waals surface area contributed by atoms with E-state index < -0.39 is 0 Å². The summed E-state index contributed by atoms with van der Waals surface area (Å²) < 4.78 is 5.12. The molecule has 2 rings (SSSR count). The molecule has 130 valence electrons. The fourth-order valence-corrected chi connectivity index (χ4v) is 2.20. The molecule has 0 spiro atoms. The lowest BCUT2D eigenvalue weighted by Gasteiger charge is -2.12. The number of hydrogen-bond acceptors (Lipinski definition) is 4. The molecule has 1 heterocycles. The van der Waals surface area contributed by atoms with Gasteiger partial charge in [-0.25, -0.2) is 0 Å². The highest BCUT2D eigenvalue weighted by Gasteiger charge is 2.17. The number of carbonyl (C=O) groups is 2. The molecular formula is C16H19Cl2N3O3. The number of aryl methyl sites for hydroxylation is 1. The average molecular weight is 372 g/mol. The summed E-state index contributed by atoms with van der Waals surface area (Å²) >= 11 is 5.98. The van der Waals surface area contributed by atoms with Gasteiger partial charge in [-0.15, -0.1) is 12.4 Å². The van der Waals surface area contributed by atoms with Gasteiger partial charge in [0.15, 0.2) is 0 Å². The van der Waals surface area contributed by atoms with Crippen LogP contribution < -0.4 is 16.0 Å². The van der Waals surface area contributed by atoms with Crippen LogP contribution >= 0.6 is 24.0 Å². The third-order valence-corrected chi connectivity index (χ3v) is 3.47. The largest absolute Gasteiger partial charge is 0.469 e. The molecule has 2 aromatic rings. The molecule has 8 heteroatoms. The normalized spacial score (nSPS) is 9.96. The van der Waals surface area contributed by atoms with Gasteiger partial charge in [-0.1, -0.05) is 11.6 Å². The second-order valence-electron chi connectivity index (χ2n) is 4.89. The Morgan fingerprint density at radius 2 is 1.88 bits per heavy atom. The number of hydrogen-bond donors (Lipinski definition) is 3. The summed E-state index contributed by atoms with van der Waals surface area (Å²) in [5.74, 6) is -0.136. The zero-order chi connectivity index (χ0) is 16.8. The van der Waals surface area contributed by atoms with E-state index in [0.29, 0.717) is 40.7 Å². The molecule has 0 saturated heterocycles. The molecule has 24 heavy (non-hydrogen) atoms. The van der Waals surface area contributed by atoms with Crippen LogP contribution in [0.3, 0.4) is 0 Å². The van der Waals surface area contributed by atoms with Gasteiger partial charge < -0.3 is 20.4 Å². The van der Waals surface area contributed by atoms with E-state index in [1.54, 1.807) is 38.2 Å². The first kappa shape index (κ1) is 20.0. The summed E-state index contributed by atoms with van der Waals surface area (Å²) in [7, 11) is 1.80. The monoisotopic (exact) mass is 371 g/mol. The molecule has 2 amide bonds. The van der Waals surface area contributed by atoms with Crippen molar-refractivity contribution in [3.8, 4) is 0 Å². The molecule has 1 aromatic heterocycles. The second-order valence-corrected chi connectivity index (χ2v) is 5.33. The Bertz CT molecular complexity index is 716. The Morgan fingerprint density at radius 1 is 1.12 bits per heavy atom. The highest BCUT2D eigenvalue weighted by Crippen LogP contribution is 2.22. The quantitative estimate of drug-likeness (QED) is 0.681. The summed E-state index contributed by atoms with van der Waals surface area (Å²) in [5, 5.41) is 8.84. The predicted molar refractivity (Wildman–Crippen MR) is 96.4 cm³/mol. The van der Waals surface area contributed by atoms with Crippen molar-refractivity contribution in [1.82, 2.24) is 10.6 Å². The zero-order valence-electron chi connectivity index (χ0n) is 13.3. The Kier molecular flexibility index (Phi) is 7.78. The first-order chi connectivity index (χ1) is 11.0. The molecule has 3 N–H and O–H groups in total. The van der Waals surface area contributed by atoms with Gasteiger partial charge in [-0.05, 0) is 38.2 Å². The number of amides is 2. The lowest BCUT2D eigenvalue weighted by atomic mass is 10.1. The smallest absolute Gasteiger partial charge is 0.259 e. The summed E-state index contributed by atoms with van der Waals surface area (Å²) in [6.07, 6.45) is 1.44. The number of anilines is 1. The van der Waals surface area contributed by atoms with E-state index in [1.807, 2.05) is 0 Å². The molecule has 0 unspecified atom stereocenters. The maximum Gasteiger partial charge on any atom is 0.259 e. The Hall–Kier alpha value is -2.02. The van der Waals surface area contributed by atoms with Gasteiger partial charge in [-0.3, -0.25) is 9.59 Å². The van der Waals surface area contributed by atoms with Crippen molar-refractivity contribution in [3.63, 3.8) is 0 Å². The third kappa shape index (κ3) is 4.99. The van der Waals surface area contributed by atoms with Gasteiger partial charge in [0.1, 0.15) is 5.76 Å². The van der Waals surface area contributed by atoms with Gasteiger partial charge in [0, 0.05) is 18.1 Å². The summed E-state index contributed by atoms with van der Waals surface area (Å²) in [5.41, 5.74) is 1.11. The van der Waals surface area contributed by atoms with Crippen LogP contribution in [0.2, 0.25) is 5.02 Å². The highest BCUT2D eigenvalue weighted by atomic mass is 35.5. The number of nitrogens with one attached hydrogen (secondary N) is 3. The zero-order valence-corrected chi connectivity index (χ0v) is 14.9. The fourth-order valence-electron chi connectivity index (χ4n) is 2.02. The van der Waals surface area contributed by atoms with Crippen LogP contribution in [0.15, 0.2) is 34.9 Å². The lowest BCUT2D eigenvalue weighted by Crippen LogP contribution is -2.31. The Labute approximate surface area is 151 Å². The molecule has 1 aromatic carbocycles. The van der Waals surface area contributed by atoms with Gasteiger partial charge in [-0.2, -0.15) is 0 Å². The number of likely N-dealkylation sites (N-methyl/N-ethyl adjacent to an activating group) is 1. The molecule has 0 saturated carbocycles. The molecule has 0 aliphatic rings. The molecule has 0 fully saturated rings. The van der Waals surface area contributed by atoms with Gasteiger partial charge in [0.2, 0.25) is 0 Å². The van der Waals surface area contributed by atoms with E-state index in [4.69, 9.17) is 16.0 Å². The molecule has 0 aliphatic carbocycles. The van der Waals surface area contributed by atoms with Gasteiger partial charge in [0.05, 0.1) is 23.1 Å². The van der Waals surface area contributed by atoms with Crippen molar-refractivity contribution in [2.24, 2.45) is 0 Å². The van der Waals surface area contributed by atoms with Crippen molar-refractivity contribution in [3.05, 3.63) is 52.4 Å². The van der Waals surface area contributed by atoms with Crippen molar-refractivity contribution in [2.75, 3.05) is 25.5 Å². The van der Waals surface area contributed by atoms with Crippen LogP contribution in [0.25, 0.3) is 0 Å². The maximum atomic E-state index is 12.3. The molecule has 0 bridgehead atoms. The standard InChI is InChI=1S/C16H18ClN3O3.ClH/c1-10-12(5-8-23-10)16(22)20-14-9-11(17)3-4-13(14)15(21)19-7-6-18-2;/h3-5,8-9,18H,6-7H2,1-2H3,(H,19,21)(H,20,22);1H. The summed E-state index contributed by atoms with van der Waals surface area (Å²) in [6.45, 7) is 2.82. The first-order valence-corrected chi connectivity index (χ1v) is 7.48. The highest BCUT2D eigenvalue weighted by molar-refractivity contribution is 6.31. The molecule has 6 nitrogen and oxygen atoms in total. The van der Waals surface area contributed by atoms with Gasteiger partial charge >= 0.3 is 0 Å². The van der Waals surface area contributed by atoms with E-state index in [9.17, 15) is 9.59 Å². The van der Waals surface area contributed by atoms with Crippen LogP contribution in [0.1, 0.15) is 26.5 Å². The molecule has 0 radical (unpaired) electrons. The number of benzene rings is 1. The minimum Gasteiger partial charge on any atom is -0.469 e. The van der Waals surface area contributed by atoms with Crippen LogP contribution in [0, 0.1) is 6.92 Å². The number of rotatable bonds is 6. The van der Waals surface area contributed by atoms with E-state index >= 15 is 0 Å².